The summed E-state index contributed by atoms with van der Waals surface area (Å²) in [6.45, 7) is 2.01. The summed E-state index contributed by atoms with van der Waals surface area (Å²) >= 11 is 0. The molecule has 2 aromatic carbocycles. The fourth-order valence-corrected chi connectivity index (χ4v) is 3.94. The number of halogens is 3. The van der Waals surface area contributed by atoms with Crippen LogP contribution in [-0.2, 0) is 6.18 Å². The highest BCUT2D eigenvalue weighted by atomic mass is 19.4. The van der Waals surface area contributed by atoms with Gasteiger partial charge in [0.25, 0.3) is 0 Å². The van der Waals surface area contributed by atoms with E-state index >= 15 is 0 Å². The predicted octanol–water partition coefficient (Wildman–Crippen LogP) is 4.74. The zero-order valence-electron chi connectivity index (χ0n) is 18.5. The molecule has 1 unspecified atom stereocenters. The quantitative estimate of drug-likeness (QED) is 0.640. The molecule has 1 atom stereocenters. The van der Waals surface area contributed by atoms with E-state index in [2.05, 4.69) is 15.5 Å². The van der Waals surface area contributed by atoms with Gasteiger partial charge in [-0.2, -0.15) is 13.2 Å². The number of carbonyl (C=O) groups is 1. The number of rotatable bonds is 7. The molecule has 0 aromatic heterocycles. The Bertz CT molecular complexity index is 928. The molecule has 2 N–H and O–H groups in total. The Balaban J connectivity index is 1.76. The van der Waals surface area contributed by atoms with Crippen LogP contribution in [0.15, 0.2) is 42.5 Å². The van der Waals surface area contributed by atoms with E-state index in [-0.39, 0.29) is 18.3 Å². The lowest BCUT2D eigenvalue weighted by molar-refractivity contribution is -0.136. The first-order valence-corrected chi connectivity index (χ1v) is 10.5. The predicted molar refractivity (Wildman–Crippen MR) is 119 cm³/mol. The van der Waals surface area contributed by atoms with Gasteiger partial charge >= 0.3 is 12.2 Å². The van der Waals surface area contributed by atoms with Crippen LogP contribution in [0.3, 0.4) is 0 Å². The number of benzene rings is 2. The molecule has 0 bridgehead atoms. The van der Waals surface area contributed by atoms with Gasteiger partial charge in [0.1, 0.15) is 5.75 Å². The second-order valence-electron chi connectivity index (χ2n) is 7.96. The molecule has 1 aliphatic rings. The molecular formula is C23H29F3N4O2. The van der Waals surface area contributed by atoms with Gasteiger partial charge in [0.15, 0.2) is 0 Å². The van der Waals surface area contributed by atoms with Crippen LogP contribution in [0.2, 0.25) is 0 Å². The highest BCUT2D eigenvalue weighted by Gasteiger charge is 2.34. The van der Waals surface area contributed by atoms with Gasteiger partial charge in [-0.15, -0.1) is 0 Å². The molecule has 6 nitrogen and oxygen atoms in total. The fraction of sp³-hybridized carbons (Fsp3) is 0.435. The number of urea groups is 1. The van der Waals surface area contributed by atoms with Crippen LogP contribution in [-0.4, -0.2) is 51.8 Å². The molecule has 0 saturated carbocycles. The third kappa shape index (κ3) is 5.64. The van der Waals surface area contributed by atoms with E-state index in [1.54, 1.807) is 26.1 Å². The number of carbonyl (C=O) groups excluding carboxylic acids is 1. The lowest BCUT2D eigenvalue weighted by Gasteiger charge is -2.29. The number of amides is 2. The number of ether oxygens (including phenoxy) is 1. The smallest absolute Gasteiger partial charge is 0.418 e. The first kappa shape index (κ1) is 23.7. The second-order valence-corrected chi connectivity index (χ2v) is 7.96. The van der Waals surface area contributed by atoms with Gasteiger partial charge in [0.2, 0.25) is 0 Å². The highest BCUT2D eigenvalue weighted by Crippen LogP contribution is 2.37. The molecule has 32 heavy (non-hydrogen) atoms. The van der Waals surface area contributed by atoms with Crippen LogP contribution in [0.4, 0.5) is 29.3 Å². The zero-order chi connectivity index (χ0) is 23.3. The number of alkyl halides is 3. The Morgan fingerprint density at radius 2 is 1.84 bits per heavy atom. The van der Waals surface area contributed by atoms with Crippen molar-refractivity contribution in [2.24, 2.45) is 0 Å². The molecule has 9 heteroatoms. The second kappa shape index (κ2) is 10.1. The molecule has 1 heterocycles. The summed E-state index contributed by atoms with van der Waals surface area (Å²) in [7, 11) is 4.91. The SMILES string of the molecule is COc1ccccc1C(CNC(=O)Nc1ccc(N(C)C)cc1C(F)(F)F)N1CCCC1. The topological polar surface area (TPSA) is 56.8 Å². The van der Waals surface area contributed by atoms with Crippen LogP contribution in [0.1, 0.15) is 30.0 Å². The Morgan fingerprint density at radius 1 is 1.16 bits per heavy atom. The van der Waals surface area contributed by atoms with Gasteiger partial charge in [-0.1, -0.05) is 18.2 Å². The summed E-state index contributed by atoms with van der Waals surface area (Å²) in [5.74, 6) is 0.713. The van der Waals surface area contributed by atoms with Gasteiger partial charge in [0, 0.05) is 31.9 Å². The zero-order valence-corrected chi connectivity index (χ0v) is 18.5. The van der Waals surface area contributed by atoms with E-state index < -0.39 is 17.8 Å². The number of nitrogens with one attached hydrogen (secondary N) is 2. The van der Waals surface area contributed by atoms with E-state index in [4.69, 9.17) is 4.74 Å². The maximum atomic E-state index is 13.6. The lowest BCUT2D eigenvalue weighted by Crippen LogP contribution is -2.39. The summed E-state index contributed by atoms with van der Waals surface area (Å²) in [4.78, 5) is 16.4. The fourth-order valence-electron chi connectivity index (χ4n) is 3.94. The average molecular weight is 451 g/mol. The molecule has 1 saturated heterocycles. The molecule has 0 spiro atoms. The van der Waals surface area contributed by atoms with Crippen LogP contribution in [0.5, 0.6) is 5.75 Å². The molecule has 0 radical (unpaired) electrons. The van der Waals surface area contributed by atoms with Crippen molar-refractivity contribution in [2.45, 2.75) is 25.1 Å². The van der Waals surface area contributed by atoms with E-state index in [0.29, 0.717) is 11.4 Å². The molecule has 3 rings (SSSR count). The molecule has 1 fully saturated rings. The van der Waals surface area contributed by atoms with E-state index in [0.717, 1.165) is 37.6 Å². The standard InChI is InChI=1S/C23H29F3N4O2/c1-29(2)16-10-11-19(18(14-16)23(24,25)26)28-22(31)27-15-20(30-12-6-7-13-30)17-8-4-5-9-21(17)32-3/h4-5,8-11,14,20H,6-7,12-13,15H2,1-3H3,(H2,27,28,31). The van der Waals surface area contributed by atoms with Crippen molar-refractivity contribution in [1.82, 2.24) is 10.2 Å². The normalized spacial score (nSPS) is 15.3. The van der Waals surface area contributed by atoms with Gasteiger partial charge in [-0.25, -0.2) is 4.79 Å². The van der Waals surface area contributed by atoms with Crippen molar-refractivity contribution in [3.63, 3.8) is 0 Å². The first-order chi connectivity index (χ1) is 15.2. The first-order valence-electron chi connectivity index (χ1n) is 10.5. The Morgan fingerprint density at radius 3 is 2.47 bits per heavy atom. The van der Waals surface area contributed by atoms with Crippen LogP contribution >= 0.6 is 0 Å². The largest absolute Gasteiger partial charge is 0.496 e. The van der Waals surface area contributed by atoms with E-state index in [1.807, 2.05) is 24.3 Å². The summed E-state index contributed by atoms with van der Waals surface area (Å²) in [5.41, 5.74) is 0.160. The number of hydrogen-bond acceptors (Lipinski definition) is 4. The third-order valence-electron chi connectivity index (χ3n) is 5.61. The van der Waals surface area contributed by atoms with Crippen molar-refractivity contribution in [1.29, 1.82) is 0 Å². The number of nitrogens with zero attached hydrogens (tertiary/aromatic N) is 2. The molecular weight excluding hydrogens is 421 g/mol. The number of para-hydroxylation sites is 1. The van der Waals surface area contributed by atoms with Gasteiger partial charge in [0.05, 0.1) is 24.4 Å². The Kier molecular flexibility index (Phi) is 7.50. The molecule has 2 aromatic rings. The van der Waals surface area contributed by atoms with Crippen molar-refractivity contribution in [3.8, 4) is 5.75 Å². The summed E-state index contributed by atoms with van der Waals surface area (Å²) in [6, 6.07) is 10.6. The highest BCUT2D eigenvalue weighted by molar-refractivity contribution is 5.90. The van der Waals surface area contributed by atoms with Crippen molar-refractivity contribution in [2.75, 3.05) is 51.1 Å². The minimum absolute atomic E-state index is 0.141. The average Bonchev–Trinajstić information content (AvgIpc) is 3.28. The van der Waals surface area contributed by atoms with Gasteiger partial charge in [-0.05, 0) is 50.2 Å². The summed E-state index contributed by atoms with van der Waals surface area (Å²) < 4.78 is 46.2. The maximum absolute atomic E-state index is 13.6. The summed E-state index contributed by atoms with van der Waals surface area (Å²) in [6.07, 6.45) is -2.47. The van der Waals surface area contributed by atoms with Gasteiger partial charge < -0.3 is 20.3 Å². The number of anilines is 2. The van der Waals surface area contributed by atoms with Crippen molar-refractivity contribution in [3.05, 3.63) is 53.6 Å². The molecule has 0 aliphatic carbocycles. The van der Waals surface area contributed by atoms with E-state index in [1.165, 1.54) is 12.1 Å². The number of hydrogen-bond donors (Lipinski definition) is 2. The Hall–Kier alpha value is -2.94. The van der Waals surface area contributed by atoms with Crippen molar-refractivity contribution < 1.29 is 22.7 Å². The Labute approximate surface area is 186 Å². The number of methoxy groups -OCH3 is 1. The lowest BCUT2D eigenvalue weighted by atomic mass is 10.0. The maximum Gasteiger partial charge on any atom is 0.418 e. The minimum atomic E-state index is -4.59. The molecule has 174 valence electrons. The third-order valence-corrected chi connectivity index (χ3v) is 5.61. The molecule has 1 aliphatic heterocycles. The summed E-state index contributed by atoms with van der Waals surface area (Å²) in [5, 5.41) is 5.12. The van der Waals surface area contributed by atoms with Gasteiger partial charge in [-0.3, -0.25) is 4.90 Å². The van der Waals surface area contributed by atoms with Crippen LogP contribution in [0, 0.1) is 0 Å². The monoisotopic (exact) mass is 450 g/mol. The number of likely N-dealkylation sites (tertiary alicyclic amines) is 1. The van der Waals surface area contributed by atoms with Crippen LogP contribution < -0.4 is 20.3 Å². The molecule has 2 amide bonds. The van der Waals surface area contributed by atoms with Crippen molar-refractivity contribution >= 4 is 17.4 Å². The van der Waals surface area contributed by atoms with Crippen LogP contribution in [0.25, 0.3) is 0 Å². The van der Waals surface area contributed by atoms with E-state index in [9.17, 15) is 18.0 Å². The minimum Gasteiger partial charge on any atom is -0.496 e.